The van der Waals surface area contributed by atoms with Crippen LogP contribution in [0, 0.1) is 0 Å². The summed E-state index contributed by atoms with van der Waals surface area (Å²) in [6.45, 7) is 0. The van der Waals surface area contributed by atoms with Gasteiger partial charge in [-0.2, -0.15) is 13.2 Å². The maximum atomic E-state index is 12.5. The number of alkyl halides is 3. The molecule has 9 heteroatoms. The van der Waals surface area contributed by atoms with Crippen molar-refractivity contribution in [1.29, 1.82) is 0 Å². The van der Waals surface area contributed by atoms with Gasteiger partial charge in [0.2, 0.25) is 11.8 Å². The Balaban J connectivity index is 1.49. The quantitative estimate of drug-likeness (QED) is 0.629. The first-order valence-electron chi connectivity index (χ1n) is 7.86. The van der Waals surface area contributed by atoms with Crippen molar-refractivity contribution in [3.8, 4) is 0 Å². The number of rotatable bonds is 6. The van der Waals surface area contributed by atoms with E-state index in [1.165, 1.54) is 12.1 Å². The summed E-state index contributed by atoms with van der Waals surface area (Å²) >= 11 is 1.05. The van der Waals surface area contributed by atoms with Crippen molar-refractivity contribution in [3.63, 3.8) is 0 Å². The van der Waals surface area contributed by atoms with Gasteiger partial charge >= 0.3 is 6.18 Å². The summed E-state index contributed by atoms with van der Waals surface area (Å²) in [5.74, 6) is 0.0444. The minimum absolute atomic E-state index is 0.00596. The molecule has 1 aromatic heterocycles. The predicted molar refractivity (Wildman–Crippen MR) is 94.3 cm³/mol. The van der Waals surface area contributed by atoms with Crippen molar-refractivity contribution in [1.82, 2.24) is 10.2 Å². The van der Waals surface area contributed by atoms with E-state index in [0.717, 1.165) is 29.5 Å². The summed E-state index contributed by atoms with van der Waals surface area (Å²) in [6, 6.07) is 13.8. The number of hydrogen-bond acceptors (Lipinski definition) is 5. The van der Waals surface area contributed by atoms with Crippen LogP contribution < -0.4 is 5.32 Å². The smallest absolute Gasteiger partial charge is 0.416 e. The standard InChI is InChI=1S/C18H14F3N3O2S/c19-18(20,21)13-6-8-14(9-7-13)22-15(25)11-27-17-24-23-16(26-17)10-12-4-2-1-3-5-12/h1-9H,10-11H2,(H,22,25). The molecule has 1 heterocycles. The zero-order valence-electron chi connectivity index (χ0n) is 13.9. The van der Waals surface area contributed by atoms with Crippen molar-refractivity contribution in [2.24, 2.45) is 0 Å². The number of aromatic nitrogens is 2. The molecule has 0 bridgehead atoms. The molecule has 3 rings (SSSR count). The Morgan fingerprint density at radius 3 is 2.41 bits per heavy atom. The topological polar surface area (TPSA) is 68.0 Å². The summed E-state index contributed by atoms with van der Waals surface area (Å²) in [6.07, 6.45) is -3.92. The summed E-state index contributed by atoms with van der Waals surface area (Å²) in [4.78, 5) is 11.9. The molecule has 0 saturated heterocycles. The first kappa shape index (κ1) is 19.0. The second kappa shape index (κ2) is 8.26. The molecule has 0 aliphatic heterocycles. The number of anilines is 1. The van der Waals surface area contributed by atoms with Crippen LogP contribution in [-0.2, 0) is 17.4 Å². The van der Waals surface area contributed by atoms with E-state index < -0.39 is 11.7 Å². The molecule has 0 fully saturated rings. The first-order chi connectivity index (χ1) is 12.9. The van der Waals surface area contributed by atoms with Crippen molar-refractivity contribution in [3.05, 3.63) is 71.6 Å². The fourth-order valence-electron chi connectivity index (χ4n) is 2.21. The lowest BCUT2D eigenvalue weighted by atomic mass is 10.2. The third-order valence-electron chi connectivity index (χ3n) is 3.47. The average Bonchev–Trinajstić information content (AvgIpc) is 3.08. The molecule has 27 heavy (non-hydrogen) atoms. The van der Waals surface area contributed by atoms with Crippen LogP contribution in [0.4, 0.5) is 18.9 Å². The van der Waals surface area contributed by atoms with E-state index in [0.29, 0.717) is 12.3 Å². The van der Waals surface area contributed by atoms with E-state index in [-0.39, 0.29) is 22.6 Å². The van der Waals surface area contributed by atoms with E-state index in [2.05, 4.69) is 15.5 Å². The van der Waals surface area contributed by atoms with Crippen LogP contribution in [0.1, 0.15) is 17.0 Å². The molecule has 0 atom stereocenters. The molecule has 140 valence electrons. The number of carbonyl (C=O) groups is 1. The summed E-state index contributed by atoms with van der Waals surface area (Å²) < 4.78 is 43.0. The van der Waals surface area contributed by atoms with Crippen molar-refractivity contribution >= 4 is 23.4 Å². The van der Waals surface area contributed by atoms with Crippen molar-refractivity contribution in [2.45, 2.75) is 17.8 Å². The van der Waals surface area contributed by atoms with Gasteiger partial charge in [-0.25, -0.2) is 0 Å². The van der Waals surface area contributed by atoms with Gasteiger partial charge in [0.1, 0.15) is 0 Å². The molecule has 5 nitrogen and oxygen atoms in total. The van der Waals surface area contributed by atoms with Crippen LogP contribution in [0.5, 0.6) is 0 Å². The van der Waals surface area contributed by atoms with Gasteiger partial charge in [0.25, 0.3) is 5.22 Å². The lowest BCUT2D eigenvalue weighted by Gasteiger charge is -2.08. The molecular formula is C18H14F3N3O2S. The zero-order chi connectivity index (χ0) is 19.3. The van der Waals surface area contributed by atoms with Gasteiger partial charge in [-0.05, 0) is 29.8 Å². The zero-order valence-corrected chi connectivity index (χ0v) is 14.7. The largest absolute Gasteiger partial charge is 0.416 e. The SMILES string of the molecule is O=C(CSc1nnc(Cc2ccccc2)o1)Nc1ccc(C(F)(F)F)cc1. The third-order valence-corrected chi connectivity index (χ3v) is 4.29. The maximum absolute atomic E-state index is 12.5. The van der Waals surface area contributed by atoms with Gasteiger partial charge in [0.05, 0.1) is 17.7 Å². The van der Waals surface area contributed by atoms with Crippen LogP contribution >= 0.6 is 11.8 Å². The molecular weight excluding hydrogens is 379 g/mol. The van der Waals surface area contributed by atoms with Gasteiger partial charge in [0.15, 0.2) is 0 Å². The highest BCUT2D eigenvalue weighted by molar-refractivity contribution is 7.99. The number of halogens is 3. The molecule has 0 unspecified atom stereocenters. The van der Waals surface area contributed by atoms with Crippen LogP contribution in [0.15, 0.2) is 64.2 Å². The molecule has 0 aliphatic carbocycles. The highest BCUT2D eigenvalue weighted by atomic mass is 32.2. The Hall–Kier alpha value is -2.81. The van der Waals surface area contributed by atoms with E-state index in [9.17, 15) is 18.0 Å². The molecule has 3 aromatic rings. The number of amides is 1. The second-order valence-corrected chi connectivity index (χ2v) is 6.46. The maximum Gasteiger partial charge on any atom is 0.416 e. The predicted octanol–water partition coefficient (Wildman–Crippen LogP) is 4.41. The Labute approximate surface area is 157 Å². The Bertz CT molecular complexity index is 896. The Morgan fingerprint density at radius 2 is 1.74 bits per heavy atom. The molecule has 0 spiro atoms. The lowest BCUT2D eigenvalue weighted by molar-refractivity contribution is -0.137. The van der Waals surface area contributed by atoms with Gasteiger partial charge in [-0.3, -0.25) is 4.79 Å². The number of carbonyl (C=O) groups excluding carboxylic acids is 1. The minimum atomic E-state index is -4.41. The van der Waals surface area contributed by atoms with E-state index >= 15 is 0 Å². The number of nitrogens with one attached hydrogen (secondary N) is 1. The molecule has 1 amide bonds. The van der Waals surface area contributed by atoms with Crippen molar-refractivity contribution in [2.75, 3.05) is 11.1 Å². The number of nitrogens with zero attached hydrogens (tertiary/aromatic N) is 2. The highest BCUT2D eigenvalue weighted by Crippen LogP contribution is 2.29. The monoisotopic (exact) mass is 393 g/mol. The molecule has 0 aliphatic rings. The van der Waals surface area contributed by atoms with E-state index in [1.807, 2.05) is 30.3 Å². The summed E-state index contributed by atoms with van der Waals surface area (Å²) in [7, 11) is 0. The first-order valence-corrected chi connectivity index (χ1v) is 8.85. The summed E-state index contributed by atoms with van der Waals surface area (Å²) in [5, 5.41) is 10.6. The lowest BCUT2D eigenvalue weighted by Crippen LogP contribution is -2.14. The van der Waals surface area contributed by atoms with Gasteiger partial charge in [-0.15, -0.1) is 10.2 Å². The normalized spacial score (nSPS) is 11.4. The third kappa shape index (κ3) is 5.58. The highest BCUT2D eigenvalue weighted by Gasteiger charge is 2.29. The number of hydrogen-bond donors (Lipinski definition) is 1. The van der Waals surface area contributed by atoms with Crippen LogP contribution in [0.25, 0.3) is 0 Å². The van der Waals surface area contributed by atoms with Gasteiger partial charge in [0, 0.05) is 5.69 Å². The average molecular weight is 393 g/mol. The fourth-order valence-corrected chi connectivity index (χ4v) is 2.79. The molecule has 0 saturated carbocycles. The fraction of sp³-hybridized carbons (Fsp3) is 0.167. The van der Waals surface area contributed by atoms with Gasteiger partial charge in [-0.1, -0.05) is 42.1 Å². The minimum Gasteiger partial charge on any atom is -0.416 e. The summed E-state index contributed by atoms with van der Waals surface area (Å²) in [5.41, 5.74) is 0.535. The second-order valence-electron chi connectivity index (χ2n) is 5.54. The van der Waals surface area contributed by atoms with E-state index in [1.54, 1.807) is 0 Å². The Kier molecular flexibility index (Phi) is 5.80. The Morgan fingerprint density at radius 1 is 1.04 bits per heavy atom. The molecule has 2 aromatic carbocycles. The molecule has 0 radical (unpaired) electrons. The molecule has 1 N–H and O–H groups in total. The number of thioether (sulfide) groups is 1. The van der Waals surface area contributed by atoms with Crippen LogP contribution in [0.3, 0.4) is 0 Å². The van der Waals surface area contributed by atoms with Crippen LogP contribution in [-0.4, -0.2) is 21.9 Å². The van der Waals surface area contributed by atoms with E-state index in [4.69, 9.17) is 4.42 Å². The van der Waals surface area contributed by atoms with Crippen molar-refractivity contribution < 1.29 is 22.4 Å². The number of benzene rings is 2. The van der Waals surface area contributed by atoms with Crippen LogP contribution in [0.2, 0.25) is 0 Å². The van der Waals surface area contributed by atoms with Gasteiger partial charge < -0.3 is 9.73 Å².